The van der Waals surface area contributed by atoms with Crippen molar-refractivity contribution in [2.24, 2.45) is 0 Å². The highest BCUT2D eigenvalue weighted by atomic mass is 15.1. The summed E-state index contributed by atoms with van der Waals surface area (Å²) in [7, 11) is 3.98. The predicted octanol–water partition coefficient (Wildman–Crippen LogP) is 5.32. The van der Waals surface area contributed by atoms with Crippen molar-refractivity contribution in [3.8, 4) is 29.0 Å². The lowest BCUT2D eigenvalue weighted by molar-refractivity contribution is 0.464. The van der Waals surface area contributed by atoms with Gasteiger partial charge in [-0.05, 0) is 55.8 Å². The van der Waals surface area contributed by atoms with E-state index in [2.05, 4.69) is 105 Å². The number of nitriles is 1. The zero-order valence-corrected chi connectivity index (χ0v) is 22.3. The molecule has 7 heteroatoms. The second-order valence-corrected chi connectivity index (χ2v) is 9.79. The lowest BCUT2D eigenvalue weighted by Crippen LogP contribution is -2.10. The minimum absolute atomic E-state index is 0.557. The number of aromatic nitrogens is 4. The number of nitrogens with one attached hydrogen (secondary N) is 2. The largest absolute Gasteiger partial charge is 0.366 e. The summed E-state index contributed by atoms with van der Waals surface area (Å²) >= 11 is 0. The van der Waals surface area contributed by atoms with Crippen molar-refractivity contribution in [1.82, 2.24) is 25.1 Å². The van der Waals surface area contributed by atoms with Crippen molar-refractivity contribution in [3.05, 3.63) is 107 Å². The standard InChI is InChI=1S/C32H29N7/c1-22-6-8-23(9-7-22)15-27-16-25(18-33)20-35-31(27)34-19-24-10-12-26(13-11-24)28-17-29-30(5-4-14-39(2)3)37-38-32(29)36-21-28/h6-13,16-17,20-21H,14-15,19H2,1-3H3,(H,34,35)(H,36,37,38). The van der Waals surface area contributed by atoms with Crippen LogP contribution in [-0.2, 0) is 13.0 Å². The second-order valence-electron chi connectivity index (χ2n) is 9.79. The Balaban J connectivity index is 1.31. The van der Waals surface area contributed by atoms with Gasteiger partial charge in [-0.2, -0.15) is 10.4 Å². The van der Waals surface area contributed by atoms with Crippen molar-refractivity contribution in [2.45, 2.75) is 19.9 Å². The van der Waals surface area contributed by atoms with E-state index in [-0.39, 0.29) is 0 Å². The SMILES string of the molecule is Cc1ccc(Cc2cc(C#N)cnc2NCc2ccc(-c3cnc4n[nH]c(C#CCN(C)C)c4c3)cc2)cc1. The van der Waals surface area contributed by atoms with Gasteiger partial charge >= 0.3 is 0 Å². The quantitative estimate of drug-likeness (QED) is 0.288. The molecule has 3 heterocycles. The average molecular weight is 512 g/mol. The van der Waals surface area contributed by atoms with Crippen LogP contribution in [0.2, 0.25) is 0 Å². The Hall–Kier alpha value is -4.98. The van der Waals surface area contributed by atoms with E-state index in [0.717, 1.165) is 39.2 Å². The summed E-state index contributed by atoms with van der Waals surface area (Å²) < 4.78 is 0. The van der Waals surface area contributed by atoms with E-state index in [1.807, 2.05) is 31.3 Å². The molecule has 39 heavy (non-hydrogen) atoms. The molecule has 0 radical (unpaired) electrons. The van der Waals surface area contributed by atoms with Crippen LogP contribution in [0.5, 0.6) is 0 Å². The maximum atomic E-state index is 9.37. The third kappa shape index (κ3) is 6.30. The minimum Gasteiger partial charge on any atom is -0.366 e. The summed E-state index contributed by atoms with van der Waals surface area (Å²) in [5.74, 6) is 7.10. The molecule has 0 aliphatic rings. The number of fused-ring (bicyclic) bond motifs is 1. The number of hydrogen-bond acceptors (Lipinski definition) is 6. The lowest BCUT2D eigenvalue weighted by atomic mass is 10.0. The first-order valence-electron chi connectivity index (χ1n) is 12.7. The van der Waals surface area contributed by atoms with Crippen molar-refractivity contribution >= 4 is 16.9 Å². The van der Waals surface area contributed by atoms with Gasteiger partial charge in [0.25, 0.3) is 0 Å². The maximum Gasteiger partial charge on any atom is 0.182 e. The molecule has 0 unspecified atom stereocenters. The number of aryl methyl sites for hydroxylation is 1. The molecule has 0 bridgehead atoms. The second kappa shape index (κ2) is 11.6. The Morgan fingerprint density at radius 1 is 0.923 bits per heavy atom. The summed E-state index contributed by atoms with van der Waals surface area (Å²) in [5, 5.41) is 21.0. The third-order valence-corrected chi connectivity index (χ3v) is 6.38. The molecular formula is C32H29N7. The van der Waals surface area contributed by atoms with E-state index in [4.69, 9.17) is 0 Å². The van der Waals surface area contributed by atoms with Crippen LogP contribution in [0.1, 0.15) is 33.5 Å². The molecule has 2 N–H and O–H groups in total. The van der Waals surface area contributed by atoms with E-state index in [0.29, 0.717) is 30.7 Å². The normalized spacial score (nSPS) is 10.7. The van der Waals surface area contributed by atoms with Crippen LogP contribution in [-0.4, -0.2) is 45.7 Å². The summed E-state index contributed by atoms with van der Waals surface area (Å²) in [6.45, 7) is 3.37. The summed E-state index contributed by atoms with van der Waals surface area (Å²) in [6.07, 6.45) is 4.16. The van der Waals surface area contributed by atoms with Crippen molar-refractivity contribution in [2.75, 3.05) is 26.0 Å². The van der Waals surface area contributed by atoms with Crippen LogP contribution in [0, 0.1) is 30.1 Å². The highest BCUT2D eigenvalue weighted by Gasteiger charge is 2.10. The molecule has 192 valence electrons. The van der Waals surface area contributed by atoms with E-state index in [9.17, 15) is 5.26 Å². The molecule has 3 aromatic heterocycles. The van der Waals surface area contributed by atoms with E-state index >= 15 is 0 Å². The topological polar surface area (TPSA) is 93.5 Å². The van der Waals surface area contributed by atoms with E-state index < -0.39 is 0 Å². The van der Waals surface area contributed by atoms with Gasteiger partial charge in [-0.3, -0.25) is 10.00 Å². The zero-order chi connectivity index (χ0) is 27.2. The van der Waals surface area contributed by atoms with Gasteiger partial charge < -0.3 is 5.32 Å². The van der Waals surface area contributed by atoms with Gasteiger partial charge in [0.1, 0.15) is 17.6 Å². The summed E-state index contributed by atoms with van der Waals surface area (Å²) in [5.41, 5.74) is 8.59. The molecule has 0 saturated carbocycles. The Morgan fingerprint density at radius 3 is 2.44 bits per heavy atom. The van der Waals surface area contributed by atoms with Crippen molar-refractivity contribution in [3.63, 3.8) is 0 Å². The number of H-pyrrole nitrogens is 1. The number of hydrogen-bond donors (Lipinski definition) is 2. The van der Waals surface area contributed by atoms with Crippen LogP contribution in [0.4, 0.5) is 5.82 Å². The number of rotatable bonds is 7. The number of anilines is 1. The number of aromatic amines is 1. The van der Waals surface area contributed by atoms with Gasteiger partial charge in [-0.1, -0.05) is 60.0 Å². The smallest absolute Gasteiger partial charge is 0.182 e. The number of pyridine rings is 2. The molecular weight excluding hydrogens is 482 g/mol. The van der Waals surface area contributed by atoms with Crippen LogP contribution in [0.3, 0.4) is 0 Å². The van der Waals surface area contributed by atoms with E-state index in [1.165, 1.54) is 11.1 Å². The van der Waals surface area contributed by atoms with Crippen LogP contribution in [0.15, 0.2) is 73.1 Å². The van der Waals surface area contributed by atoms with Crippen molar-refractivity contribution in [1.29, 1.82) is 5.26 Å². The molecule has 2 aromatic carbocycles. The fraction of sp³-hybridized carbons (Fsp3) is 0.188. The molecule has 5 rings (SSSR count). The molecule has 0 fully saturated rings. The number of nitrogens with zero attached hydrogens (tertiary/aromatic N) is 5. The highest BCUT2D eigenvalue weighted by Crippen LogP contribution is 2.25. The van der Waals surface area contributed by atoms with Gasteiger partial charge in [0, 0.05) is 36.5 Å². The Labute approximate surface area is 228 Å². The average Bonchev–Trinajstić information content (AvgIpc) is 3.36. The van der Waals surface area contributed by atoms with E-state index in [1.54, 1.807) is 6.20 Å². The molecule has 0 aliphatic heterocycles. The molecule has 5 aromatic rings. The van der Waals surface area contributed by atoms with Gasteiger partial charge in [0.05, 0.1) is 17.5 Å². The predicted molar refractivity (Wildman–Crippen MR) is 155 cm³/mol. The Kier molecular flexibility index (Phi) is 7.63. The molecule has 0 amide bonds. The number of benzene rings is 2. The van der Waals surface area contributed by atoms with Gasteiger partial charge in [0.2, 0.25) is 0 Å². The van der Waals surface area contributed by atoms with Crippen LogP contribution in [0.25, 0.3) is 22.2 Å². The summed E-state index contributed by atoms with van der Waals surface area (Å²) in [4.78, 5) is 11.1. The van der Waals surface area contributed by atoms with Gasteiger partial charge in [-0.25, -0.2) is 9.97 Å². The Bertz CT molecular complexity index is 1700. The highest BCUT2D eigenvalue weighted by molar-refractivity contribution is 5.85. The first kappa shape index (κ1) is 25.7. The zero-order valence-electron chi connectivity index (χ0n) is 22.3. The van der Waals surface area contributed by atoms with Gasteiger partial charge in [-0.15, -0.1) is 0 Å². The molecule has 0 aliphatic carbocycles. The maximum absolute atomic E-state index is 9.37. The monoisotopic (exact) mass is 511 g/mol. The molecule has 0 spiro atoms. The third-order valence-electron chi connectivity index (χ3n) is 6.38. The minimum atomic E-state index is 0.557. The molecule has 0 atom stereocenters. The van der Waals surface area contributed by atoms with Gasteiger partial charge in [0.15, 0.2) is 5.65 Å². The first-order valence-corrected chi connectivity index (χ1v) is 12.7. The fourth-order valence-electron chi connectivity index (χ4n) is 4.23. The molecule has 0 saturated heterocycles. The van der Waals surface area contributed by atoms with Crippen LogP contribution >= 0.6 is 0 Å². The lowest BCUT2D eigenvalue weighted by Gasteiger charge is -2.12. The van der Waals surface area contributed by atoms with Crippen LogP contribution < -0.4 is 5.32 Å². The Morgan fingerprint density at radius 2 is 1.69 bits per heavy atom. The summed E-state index contributed by atoms with van der Waals surface area (Å²) in [6, 6.07) is 23.0. The first-order chi connectivity index (χ1) is 19.0. The van der Waals surface area contributed by atoms with Crippen molar-refractivity contribution < 1.29 is 0 Å². The fourth-order valence-corrected chi connectivity index (χ4v) is 4.23. The molecule has 7 nitrogen and oxygen atoms in total.